The molecule has 1 rings (SSSR count). The topological polar surface area (TPSA) is 37.3 Å². The van der Waals surface area contributed by atoms with Crippen molar-refractivity contribution in [1.29, 1.82) is 0 Å². The zero-order chi connectivity index (χ0) is 24.0. The molecule has 2 nitrogen and oxygen atoms in total. The van der Waals surface area contributed by atoms with Crippen LogP contribution in [0.15, 0.2) is 58.7 Å². The van der Waals surface area contributed by atoms with Crippen LogP contribution < -0.4 is 0 Å². The smallest absolute Gasteiger partial charge is 0.306 e. The van der Waals surface area contributed by atoms with E-state index < -0.39 is 5.97 Å². The van der Waals surface area contributed by atoms with Crippen molar-refractivity contribution in [2.24, 2.45) is 11.3 Å². The predicted octanol–water partition coefficient (Wildman–Crippen LogP) is 9.36. The molecule has 180 valence electrons. The molecule has 0 saturated heterocycles. The standard InChI is InChI=1S/C30H48O2/c1-7-8-9-10-11-12-18-27(29(31)32)21-19-24(2)15-13-16-25(3)20-22-28-26(4)17-14-23-30(28,5)6/h13,15-16,19-20,22,27H,7-12,14,17-18,21,23H2,1-6H3,(H,31,32). The SMILES string of the molecule is CCCCCCCCC(CC=C(C)C=CC=C(C)C=CC1=C(C)CCCC1(C)C)C(=O)O. The minimum atomic E-state index is -0.664. The first-order chi connectivity index (χ1) is 15.2. The number of unbranched alkanes of at least 4 members (excludes halogenated alkanes) is 5. The van der Waals surface area contributed by atoms with Crippen molar-refractivity contribution < 1.29 is 9.90 Å². The van der Waals surface area contributed by atoms with Crippen LogP contribution in [0, 0.1) is 11.3 Å². The molecule has 0 aromatic carbocycles. The van der Waals surface area contributed by atoms with E-state index in [1.807, 2.05) is 0 Å². The lowest BCUT2D eigenvalue weighted by atomic mass is 9.72. The molecule has 0 aromatic heterocycles. The van der Waals surface area contributed by atoms with Gasteiger partial charge in [0.2, 0.25) is 0 Å². The van der Waals surface area contributed by atoms with Crippen molar-refractivity contribution in [3.05, 3.63) is 58.7 Å². The van der Waals surface area contributed by atoms with Gasteiger partial charge in [0.05, 0.1) is 5.92 Å². The van der Waals surface area contributed by atoms with Crippen LogP contribution in [0.25, 0.3) is 0 Å². The Morgan fingerprint density at radius 2 is 1.75 bits per heavy atom. The first-order valence-corrected chi connectivity index (χ1v) is 12.8. The highest BCUT2D eigenvalue weighted by atomic mass is 16.4. The fourth-order valence-electron chi connectivity index (χ4n) is 4.54. The van der Waals surface area contributed by atoms with E-state index in [0.717, 1.165) is 24.8 Å². The Bertz CT molecular complexity index is 728. The average molecular weight is 441 g/mol. The Balaban J connectivity index is 2.56. The van der Waals surface area contributed by atoms with Crippen LogP contribution >= 0.6 is 0 Å². The lowest BCUT2D eigenvalue weighted by Gasteiger charge is -2.32. The molecule has 0 heterocycles. The average Bonchev–Trinajstić information content (AvgIpc) is 2.71. The number of aliphatic carboxylic acids is 1. The highest BCUT2D eigenvalue weighted by molar-refractivity contribution is 5.70. The number of allylic oxidation sites excluding steroid dienone is 10. The number of carbonyl (C=O) groups is 1. The van der Waals surface area contributed by atoms with Gasteiger partial charge in [0, 0.05) is 0 Å². The second kappa shape index (κ2) is 15.1. The van der Waals surface area contributed by atoms with Gasteiger partial charge in [0.25, 0.3) is 0 Å². The highest BCUT2D eigenvalue weighted by Crippen LogP contribution is 2.40. The molecule has 0 spiro atoms. The summed E-state index contributed by atoms with van der Waals surface area (Å²) in [5, 5.41) is 9.53. The van der Waals surface area contributed by atoms with Crippen LogP contribution in [0.3, 0.4) is 0 Å². The van der Waals surface area contributed by atoms with E-state index in [1.54, 1.807) is 0 Å². The maximum absolute atomic E-state index is 11.6. The van der Waals surface area contributed by atoms with E-state index in [2.05, 4.69) is 78.0 Å². The Morgan fingerprint density at radius 3 is 2.41 bits per heavy atom. The van der Waals surface area contributed by atoms with Crippen molar-refractivity contribution in [3.8, 4) is 0 Å². The van der Waals surface area contributed by atoms with Gasteiger partial charge < -0.3 is 5.11 Å². The molecular weight excluding hydrogens is 392 g/mol. The third-order valence-electron chi connectivity index (χ3n) is 6.75. The summed E-state index contributed by atoms with van der Waals surface area (Å²) in [6.07, 6.45) is 25.2. The third-order valence-corrected chi connectivity index (χ3v) is 6.75. The van der Waals surface area contributed by atoms with Gasteiger partial charge in [0.15, 0.2) is 0 Å². The molecule has 0 aromatic rings. The maximum Gasteiger partial charge on any atom is 0.306 e. The van der Waals surface area contributed by atoms with Gasteiger partial charge in [0.1, 0.15) is 0 Å². The predicted molar refractivity (Wildman–Crippen MR) is 140 cm³/mol. The van der Waals surface area contributed by atoms with E-state index in [1.165, 1.54) is 61.7 Å². The lowest BCUT2D eigenvalue weighted by molar-refractivity contribution is -0.141. The van der Waals surface area contributed by atoms with E-state index in [4.69, 9.17) is 0 Å². The van der Waals surface area contributed by atoms with Gasteiger partial charge in [-0.25, -0.2) is 0 Å². The quantitative estimate of drug-likeness (QED) is 0.216. The van der Waals surface area contributed by atoms with Crippen molar-refractivity contribution in [3.63, 3.8) is 0 Å². The number of carboxylic acid groups (broad SMARTS) is 1. The number of carboxylic acids is 1. The molecule has 2 heteroatoms. The molecule has 1 N–H and O–H groups in total. The fraction of sp³-hybridized carbons (Fsp3) is 0.633. The van der Waals surface area contributed by atoms with Gasteiger partial charge in [-0.2, -0.15) is 0 Å². The second-order valence-electron chi connectivity index (χ2n) is 10.3. The normalized spacial score (nSPS) is 18.7. The third kappa shape index (κ3) is 11.2. The van der Waals surface area contributed by atoms with Gasteiger partial charge in [-0.3, -0.25) is 4.79 Å². The first-order valence-electron chi connectivity index (χ1n) is 12.8. The number of hydrogen-bond donors (Lipinski definition) is 1. The summed E-state index contributed by atoms with van der Waals surface area (Å²) in [7, 11) is 0. The minimum absolute atomic E-state index is 0.264. The molecule has 0 bridgehead atoms. The van der Waals surface area contributed by atoms with Crippen LogP contribution in [0.5, 0.6) is 0 Å². The number of rotatable bonds is 14. The maximum atomic E-state index is 11.6. The zero-order valence-electron chi connectivity index (χ0n) is 21.7. The summed E-state index contributed by atoms with van der Waals surface area (Å²) >= 11 is 0. The van der Waals surface area contributed by atoms with E-state index in [-0.39, 0.29) is 11.3 Å². The molecule has 0 saturated carbocycles. The minimum Gasteiger partial charge on any atom is -0.481 e. The molecule has 0 aliphatic heterocycles. The van der Waals surface area contributed by atoms with Crippen LogP contribution in [0.1, 0.15) is 112 Å². The largest absolute Gasteiger partial charge is 0.481 e. The van der Waals surface area contributed by atoms with E-state index in [0.29, 0.717) is 6.42 Å². The Hall–Kier alpha value is -1.83. The van der Waals surface area contributed by atoms with Gasteiger partial charge in [-0.1, -0.05) is 112 Å². The summed E-state index contributed by atoms with van der Waals surface area (Å²) < 4.78 is 0. The molecule has 32 heavy (non-hydrogen) atoms. The molecule has 0 amide bonds. The van der Waals surface area contributed by atoms with Crippen LogP contribution in [0.4, 0.5) is 0 Å². The molecule has 1 unspecified atom stereocenters. The van der Waals surface area contributed by atoms with Gasteiger partial charge in [-0.15, -0.1) is 0 Å². The van der Waals surface area contributed by atoms with Crippen molar-refractivity contribution >= 4 is 5.97 Å². The molecular formula is C30H48O2. The first kappa shape index (κ1) is 28.2. The Morgan fingerprint density at radius 1 is 1.06 bits per heavy atom. The lowest BCUT2D eigenvalue weighted by Crippen LogP contribution is -2.19. The monoisotopic (exact) mass is 440 g/mol. The summed E-state index contributed by atoms with van der Waals surface area (Å²) in [5.74, 6) is -0.928. The van der Waals surface area contributed by atoms with Crippen molar-refractivity contribution in [2.45, 2.75) is 112 Å². The molecule has 0 radical (unpaired) electrons. The summed E-state index contributed by atoms with van der Waals surface area (Å²) in [6.45, 7) is 13.4. The second-order valence-corrected chi connectivity index (χ2v) is 10.3. The highest BCUT2D eigenvalue weighted by Gasteiger charge is 2.26. The van der Waals surface area contributed by atoms with E-state index in [9.17, 15) is 9.90 Å². The van der Waals surface area contributed by atoms with E-state index >= 15 is 0 Å². The van der Waals surface area contributed by atoms with Gasteiger partial charge >= 0.3 is 5.97 Å². The summed E-state index contributed by atoms with van der Waals surface area (Å²) in [4.78, 5) is 11.6. The van der Waals surface area contributed by atoms with Crippen LogP contribution in [-0.4, -0.2) is 11.1 Å². The molecule has 1 aliphatic carbocycles. The van der Waals surface area contributed by atoms with Gasteiger partial charge in [-0.05, 0) is 63.9 Å². The molecule has 1 atom stereocenters. The Kier molecular flexibility index (Phi) is 13.3. The molecule has 0 fully saturated rings. The van der Waals surface area contributed by atoms with Crippen LogP contribution in [0.2, 0.25) is 0 Å². The number of hydrogen-bond acceptors (Lipinski definition) is 1. The summed E-state index contributed by atoms with van der Waals surface area (Å²) in [6, 6.07) is 0. The fourth-order valence-corrected chi connectivity index (χ4v) is 4.54. The van der Waals surface area contributed by atoms with Crippen LogP contribution in [-0.2, 0) is 4.79 Å². The van der Waals surface area contributed by atoms with Crippen molar-refractivity contribution in [1.82, 2.24) is 0 Å². The molecule has 1 aliphatic rings. The Labute approximate surface area is 198 Å². The van der Waals surface area contributed by atoms with Crippen molar-refractivity contribution in [2.75, 3.05) is 0 Å². The zero-order valence-corrected chi connectivity index (χ0v) is 21.7. The summed E-state index contributed by atoms with van der Waals surface area (Å²) in [5.41, 5.74) is 5.63.